The van der Waals surface area contributed by atoms with Crippen LogP contribution in [0.1, 0.15) is 11.1 Å². The second-order valence-electron chi connectivity index (χ2n) is 4.62. The van der Waals surface area contributed by atoms with Gasteiger partial charge in [0, 0.05) is 16.5 Å². The maximum atomic E-state index is 10.1. The molecule has 0 aromatic heterocycles. The molecule has 0 amide bonds. The Labute approximate surface area is 145 Å². The number of rotatable bonds is 6. The van der Waals surface area contributed by atoms with E-state index >= 15 is 0 Å². The van der Waals surface area contributed by atoms with Crippen LogP contribution in [0.2, 0.25) is 0 Å². The van der Waals surface area contributed by atoms with Crippen molar-refractivity contribution < 1.29 is 26.7 Å². The van der Waals surface area contributed by atoms with Crippen molar-refractivity contribution in [3.8, 4) is 11.5 Å². The first-order chi connectivity index (χ1) is 10.2. The number of hydrogen-bond donors (Lipinski definition) is 2. The standard InChI is InChI=1S/C18H18O2S.Ni/c1-3-7-13-9-5-11-15(19)17(13)21-18-14(8-4-2)10-6-12-16(18)20;/h3-6,9-12,19-20H,1-2,7-8H2;. The molecule has 0 aliphatic heterocycles. The van der Waals surface area contributed by atoms with Gasteiger partial charge < -0.3 is 10.2 Å². The maximum Gasteiger partial charge on any atom is 0.129 e. The van der Waals surface area contributed by atoms with Crippen LogP contribution in [0.5, 0.6) is 11.5 Å². The van der Waals surface area contributed by atoms with Gasteiger partial charge in [-0.15, -0.1) is 13.2 Å². The van der Waals surface area contributed by atoms with Gasteiger partial charge in [0.2, 0.25) is 0 Å². The first-order valence-electron chi connectivity index (χ1n) is 6.68. The van der Waals surface area contributed by atoms with Crippen molar-refractivity contribution in [1.29, 1.82) is 0 Å². The number of phenolic OH excluding ortho intramolecular Hbond substituents is 2. The number of allylic oxidation sites excluding steroid dienone is 2. The van der Waals surface area contributed by atoms with Gasteiger partial charge in [0.15, 0.2) is 0 Å². The Hall–Kier alpha value is -1.64. The number of aromatic hydroxyl groups is 2. The van der Waals surface area contributed by atoms with Gasteiger partial charge >= 0.3 is 0 Å². The minimum Gasteiger partial charge on any atom is -0.507 e. The van der Waals surface area contributed by atoms with E-state index in [2.05, 4.69) is 13.2 Å². The van der Waals surface area contributed by atoms with Gasteiger partial charge in [0.05, 0.1) is 9.79 Å². The van der Waals surface area contributed by atoms with Crippen molar-refractivity contribution in [3.63, 3.8) is 0 Å². The molecule has 22 heavy (non-hydrogen) atoms. The molecule has 2 nitrogen and oxygen atoms in total. The van der Waals surface area contributed by atoms with E-state index in [1.165, 1.54) is 11.8 Å². The van der Waals surface area contributed by atoms with Crippen LogP contribution in [0.25, 0.3) is 0 Å². The SMILES string of the molecule is C=CCc1cccc(O)c1Sc1c(O)cccc1CC=C.[Ni]. The van der Waals surface area contributed by atoms with E-state index in [0.717, 1.165) is 20.9 Å². The van der Waals surface area contributed by atoms with Crippen LogP contribution < -0.4 is 0 Å². The average molecular weight is 357 g/mol. The summed E-state index contributed by atoms with van der Waals surface area (Å²) in [4.78, 5) is 1.51. The van der Waals surface area contributed by atoms with Gasteiger partial charge in [-0.2, -0.15) is 0 Å². The second-order valence-corrected chi connectivity index (χ2v) is 5.64. The smallest absolute Gasteiger partial charge is 0.129 e. The fourth-order valence-corrected chi connectivity index (χ4v) is 3.23. The summed E-state index contributed by atoms with van der Waals surface area (Å²) in [5.41, 5.74) is 1.98. The summed E-state index contributed by atoms with van der Waals surface area (Å²) in [6.45, 7) is 7.49. The fraction of sp³-hybridized carbons (Fsp3) is 0.111. The molecule has 0 heterocycles. The molecule has 2 N–H and O–H groups in total. The molecule has 0 radical (unpaired) electrons. The molecular weight excluding hydrogens is 339 g/mol. The third-order valence-corrected chi connectivity index (χ3v) is 4.44. The first kappa shape index (κ1) is 18.4. The van der Waals surface area contributed by atoms with Gasteiger partial charge in [-0.3, -0.25) is 0 Å². The van der Waals surface area contributed by atoms with E-state index in [4.69, 9.17) is 0 Å². The Kier molecular flexibility index (Phi) is 7.30. The minimum atomic E-state index is 0. The summed E-state index contributed by atoms with van der Waals surface area (Å²) in [6.07, 6.45) is 4.94. The molecule has 2 aromatic rings. The van der Waals surface area contributed by atoms with Crippen molar-refractivity contribution in [3.05, 3.63) is 72.8 Å². The molecule has 4 heteroatoms. The Bertz CT molecular complexity index is 611. The first-order valence-corrected chi connectivity index (χ1v) is 7.50. The summed E-state index contributed by atoms with van der Waals surface area (Å²) in [7, 11) is 0. The molecule has 2 aromatic carbocycles. The monoisotopic (exact) mass is 356 g/mol. The van der Waals surface area contributed by atoms with Crippen molar-refractivity contribution in [2.24, 2.45) is 0 Å². The third kappa shape index (κ3) is 4.19. The molecule has 2 rings (SSSR count). The van der Waals surface area contributed by atoms with Gasteiger partial charge in [0.1, 0.15) is 11.5 Å². The van der Waals surface area contributed by atoms with Crippen LogP contribution in [-0.2, 0) is 29.3 Å². The summed E-state index contributed by atoms with van der Waals surface area (Å²) in [6, 6.07) is 10.8. The van der Waals surface area contributed by atoms with E-state index in [-0.39, 0.29) is 28.0 Å². The third-order valence-electron chi connectivity index (χ3n) is 3.08. The molecule has 0 atom stereocenters. The van der Waals surface area contributed by atoms with Crippen molar-refractivity contribution in [2.45, 2.75) is 22.6 Å². The van der Waals surface area contributed by atoms with Crippen LogP contribution in [-0.4, -0.2) is 10.2 Å². The Balaban J connectivity index is 0.00000242. The summed E-state index contributed by atoms with van der Waals surface area (Å²) in [5.74, 6) is 0.430. The van der Waals surface area contributed by atoms with Crippen molar-refractivity contribution in [1.82, 2.24) is 0 Å². The molecule has 0 saturated carbocycles. The number of phenols is 2. The topological polar surface area (TPSA) is 40.5 Å². The molecule has 0 saturated heterocycles. The van der Waals surface area contributed by atoms with Crippen LogP contribution >= 0.6 is 11.8 Å². The van der Waals surface area contributed by atoms with Crippen molar-refractivity contribution >= 4 is 11.8 Å². The van der Waals surface area contributed by atoms with Crippen LogP contribution in [0.3, 0.4) is 0 Å². The molecule has 118 valence electrons. The Morgan fingerprint density at radius 1 is 0.818 bits per heavy atom. The summed E-state index contributed by atoms with van der Waals surface area (Å²) in [5, 5.41) is 20.3. The van der Waals surface area contributed by atoms with E-state index in [1.54, 1.807) is 24.3 Å². The fourth-order valence-electron chi connectivity index (χ4n) is 2.11. The zero-order valence-electron chi connectivity index (χ0n) is 12.1. The molecule has 0 unspecified atom stereocenters. The van der Waals surface area contributed by atoms with E-state index < -0.39 is 0 Å². The number of hydrogen-bond acceptors (Lipinski definition) is 3. The quantitative estimate of drug-likeness (QED) is 0.582. The zero-order chi connectivity index (χ0) is 15.2. The average Bonchev–Trinajstić information content (AvgIpc) is 2.46. The molecular formula is C18H18NiO2S. The number of benzene rings is 2. The molecule has 0 aliphatic carbocycles. The van der Waals surface area contributed by atoms with Crippen molar-refractivity contribution in [2.75, 3.05) is 0 Å². The van der Waals surface area contributed by atoms with Gasteiger partial charge in [-0.1, -0.05) is 48.2 Å². The zero-order valence-corrected chi connectivity index (χ0v) is 13.9. The summed E-state index contributed by atoms with van der Waals surface area (Å²) >= 11 is 1.38. The Morgan fingerprint density at radius 3 is 1.59 bits per heavy atom. The second kappa shape index (κ2) is 8.72. The molecule has 0 aliphatic rings. The normalized spacial score (nSPS) is 9.82. The predicted molar refractivity (Wildman–Crippen MR) is 88.1 cm³/mol. The van der Waals surface area contributed by atoms with Crippen LogP contribution in [0, 0.1) is 0 Å². The molecule has 0 fully saturated rings. The largest absolute Gasteiger partial charge is 0.507 e. The summed E-state index contributed by atoms with van der Waals surface area (Å²) < 4.78 is 0. The van der Waals surface area contributed by atoms with Crippen LogP contribution in [0.15, 0.2) is 71.5 Å². The maximum absolute atomic E-state index is 10.1. The van der Waals surface area contributed by atoms with Gasteiger partial charge in [0.25, 0.3) is 0 Å². The van der Waals surface area contributed by atoms with E-state index in [0.29, 0.717) is 12.8 Å². The molecule has 0 bridgehead atoms. The van der Waals surface area contributed by atoms with Gasteiger partial charge in [-0.25, -0.2) is 0 Å². The minimum absolute atomic E-state index is 0. The molecule has 0 spiro atoms. The van der Waals surface area contributed by atoms with E-state index in [1.807, 2.05) is 24.3 Å². The Morgan fingerprint density at radius 2 is 1.23 bits per heavy atom. The van der Waals surface area contributed by atoms with Gasteiger partial charge in [-0.05, 0) is 36.1 Å². The predicted octanol–water partition coefficient (Wildman–Crippen LogP) is 4.70. The van der Waals surface area contributed by atoms with Crippen LogP contribution in [0.4, 0.5) is 0 Å². The van der Waals surface area contributed by atoms with E-state index in [9.17, 15) is 10.2 Å².